The molecule has 4 rings (SSSR count). The van der Waals surface area contributed by atoms with Crippen molar-refractivity contribution in [3.63, 3.8) is 0 Å². The molecule has 0 unspecified atom stereocenters. The molecule has 2 aliphatic heterocycles. The number of likely N-dealkylation sites (N-methyl/N-ethyl adjacent to an activating group) is 1. The third-order valence-electron chi connectivity index (χ3n) is 8.22. The molecule has 0 bridgehead atoms. The number of nitrogens with one attached hydrogen (secondary N) is 2. The van der Waals surface area contributed by atoms with Gasteiger partial charge >= 0.3 is 12.2 Å². The molecule has 11 nitrogen and oxygen atoms in total. The number of carbonyl (C=O) groups is 3. The van der Waals surface area contributed by atoms with Gasteiger partial charge in [0.25, 0.3) is 0 Å². The second kappa shape index (κ2) is 15.6. The lowest BCUT2D eigenvalue weighted by molar-refractivity contribution is -0.137. The van der Waals surface area contributed by atoms with Gasteiger partial charge in [-0.1, -0.05) is 6.92 Å². The molecule has 0 spiro atoms. The van der Waals surface area contributed by atoms with Gasteiger partial charge in [0.15, 0.2) is 0 Å². The van der Waals surface area contributed by atoms with Gasteiger partial charge in [0, 0.05) is 62.5 Å². The summed E-state index contributed by atoms with van der Waals surface area (Å²) in [4.78, 5) is 44.3. The van der Waals surface area contributed by atoms with E-state index in [1.54, 1.807) is 30.0 Å². The number of alkyl halides is 3. The molecule has 0 aromatic heterocycles. The molecule has 3 N–H and O–H groups in total. The molecule has 2 heterocycles. The Morgan fingerprint density at radius 1 is 1.09 bits per heavy atom. The molecule has 0 aliphatic carbocycles. The number of anilines is 2. The summed E-state index contributed by atoms with van der Waals surface area (Å²) in [5.74, 6) is -0.246. The topological polar surface area (TPSA) is 124 Å². The average Bonchev–Trinajstić information content (AvgIpc) is 3.07. The molecule has 3 atom stereocenters. The van der Waals surface area contributed by atoms with E-state index in [1.807, 2.05) is 6.92 Å². The summed E-state index contributed by atoms with van der Waals surface area (Å²) in [7, 11) is 1.54. The molecule has 1 saturated heterocycles. The van der Waals surface area contributed by atoms with Crippen LogP contribution in [-0.2, 0) is 26.9 Å². The molecular formula is C32H42F3N5O6. The van der Waals surface area contributed by atoms with E-state index in [1.165, 1.54) is 24.1 Å². The number of carbonyl (C=O) groups excluding carboxylic acids is 3. The van der Waals surface area contributed by atoms with Crippen LogP contribution in [0.2, 0.25) is 0 Å². The molecule has 252 valence electrons. The first-order chi connectivity index (χ1) is 21.8. The monoisotopic (exact) mass is 649 g/mol. The van der Waals surface area contributed by atoms with Gasteiger partial charge in [0.1, 0.15) is 11.9 Å². The molecule has 2 aromatic carbocycles. The molecule has 2 aromatic rings. The second-order valence-electron chi connectivity index (χ2n) is 11.8. The summed E-state index contributed by atoms with van der Waals surface area (Å²) in [6.45, 7) is 7.16. The standard InChI is InChI=1S/C32H42F3N5O6/c1-21-18-40(22(2)20-41)30(43)17-23-16-26(36-29(42)10-11-39-12-14-45-15-13-39)8-9-27(23)46-28(21)19-38(3)31(44)37-25-6-4-24(5-7-25)32(33,34)35/h4-9,16,21-22,28,41H,10-15,17-20H2,1-3H3,(H,36,42)(H,37,44)/t21-,22-,28-/m0/s1. The first-order valence-electron chi connectivity index (χ1n) is 15.3. The van der Waals surface area contributed by atoms with Crippen molar-refractivity contribution in [2.24, 2.45) is 5.92 Å². The van der Waals surface area contributed by atoms with Gasteiger partial charge in [-0.3, -0.25) is 14.5 Å². The van der Waals surface area contributed by atoms with Crippen molar-refractivity contribution in [1.82, 2.24) is 14.7 Å². The summed E-state index contributed by atoms with van der Waals surface area (Å²) in [6.07, 6.45) is -4.82. The van der Waals surface area contributed by atoms with E-state index in [0.29, 0.717) is 43.2 Å². The highest BCUT2D eigenvalue weighted by Crippen LogP contribution is 2.31. The highest BCUT2D eigenvalue weighted by atomic mass is 19.4. The van der Waals surface area contributed by atoms with E-state index in [0.717, 1.165) is 25.2 Å². The second-order valence-corrected chi connectivity index (χ2v) is 11.8. The number of benzene rings is 2. The molecule has 4 amide bonds. The number of hydrogen-bond donors (Lipinski definition) is 3. The highest BCUT2D eigenvalue weighted by Gasteiger charge is 2.33. The summed E-state index contributed by atoms with van der Waals surface area (Å²) >= 11 is 0. The smallest absolute Gasteiger partial charge is 0.416 e. The van der Waals surface area contributed by atoms with Crippen molar-refractivity contribution in [1.29, 1.82) is 0 Å². The number of halogens is 3. The minimum Gasteiger partial charge on any atom is -0.488 e. The maximum absolute atomic E-state index is 13.5. The largest absolute Gasteiger partial charge is 0.488 e. The van der Waals surface area contributed by atoms with E-state index < -0.39 is 29.9 Å². The zero-order chi connectivity index (χ0) is 33.4. The van der Waals surface area contributed by atoms with E-state index in [-0.39, 0.29) is 49.5 Å². The van der Waals surface area contributed by atoms with Crippen LogP contribution in [0.5, 0.6) is 5.75 Å². The molecule has 1 fully saturated rings. The fourth-order valence-electron chi connectivity index (χ4n) is 5.35. The third kappa shape index (κ3) is 9.56. The fourth-order valence-corrected chi connectivity index (χ4v) is 5.35. The predicted octanol–water partition coefficient (Wildman–Crippen LogP) is 3.68. The van der Waals surface area contributed by atoms with Gasteiger partial charge < -0.3 is 35.0 Å². The van der Waals surface area contributed by atoms with Crippen LogP contribution in [0.15, 0.2) is 42.5 Å². The minimum absolute atomic E-state index is 0.0269. The Balaban J connectivity index is 1.49. The van der Waals surface area contributed by atoms with Crippen LogP contribution in [0.1, 0.15) is 31.4 Å². The quantitative estimate of drug-likeness (QED) is 0.379. The highest BCUT2D eigenvalue weighted by molar-refractivity contribution is 5.91. The van der Waals surface area contributed by atoms with Gasteiger partial charge in [-0.05, 0) is 49.4 Å². The third-order valence-corrected chi connectivity index (χ3v) is 8.22. The Kier molecular flexibility index (Phi) is 11.9. The van der Waals surface area contributed by atoms with E-state index in [4.69, 9.17) is 9.47 Å². The van der Waals surface area contributed by atoms with Crippen molar-refractivity contribution >= 4 is 29.2 Å². The summed E-state index contributed by atoms with van der Waals surface area (Å²) < 4.78 is 50.6. The van der Waals surface area contributed by atoms with E-state index >= 15 is 0 Å². The summed E-state index contributed by atoms with van der Waals surface area (Å²) in [5.41, 5.74) is 0.437. The first-order valence-corrected chi connectivity index (χ1v) is 15.3. The van der Waals surface area contributed by atoms with Gasteiger partial charge in [-0.25, -0.2) is 4.79 Å². The SMILES string of the molecule is C[C@H]1CN([C@@H](C)CO)C(=O)Cc2cc(NC(=O)CCN3CCOCC3)ccc2O[C@H]1CN(C)C(=O)Nc1ccc(C(F)(F)F)cc1. The Hall–Kier alpha value is -3.88. The van der Waals surface area contributed by atoms with Crippen LogP contribution in [0.4, 0.5) is 29.3 Å². The fraction of sp³-hybridized carbons (Fsp3) is 0.531. The first kappa shape index (κ1) is 35.0. The average molecular weight is 650 g/mol. The Morgan fingerprint density at radius 3 is 2.41 bits per heavy atom. The van der Waals surface area contributed by atoms with Crippen LogP contribution >= 0.6 is 0 Å². The number of ether oxygens (including phenoxy) is 2. The molecule has 0 radical (unpaired) electrons. The number of urea groups is 1. The van der Waals surface area contributed by atoms with E-state index in [2.05, 4.69) is 15.5 Å². The van der Waals surface area contributed by atoms with Crippen LogP contribution in [0.25, 0.3) is 0 Å². The minimum atomic E-state index is -4.49. The molecule has 46 heavy (non-hydrogen) atoms. The normalized spacial score (nSPS) is 20.0. The maximum atomic E-state index is 13.5. The van der Waals surface area contributed by atoms with Crippen LogP contribution in [0.3, 0.4) is 0 Å². The van der Waals surface area contributed by atoms with Crippen LogP contribution in [0, 0.1) is 5.92 Å². The summed E-state index contributed by atoms with van der Waals surface area (Å²) in [6, 6.07) is 8.22. The zero-order valence-electron chi connectivity index (χ0n) is 26.3. The lowest BCUT2D eigenvalue weighted by atomic mass is 10.0. The van der Waals surface area contributed by atoms with Crippen LogP contribution in [-0.4, -0.2) is 109 Å². The van der Waals surface area contributed by atoms with Crippen molar-refractivity contribution in [2.75, 3.05) is 70.2 Å². The number of rotatable bonds is 9. The molecule has 2 aliphatic rings. The number of hydrogen-bond acceptors (Lipinski definition) is 7. The number of aliphatic hydroxyl groups is 1. The van der Waals surface area contributed by atoms with Gasteiger partial charge in [0.05, 0.1) is 44.4 Å². The number of amides is 4. The molecule has 14 heteroatoms. The Morgan fingerprint density at radius 2 is 1.76 bits per heavy atom. The van der Waals surface area contributed by atoms with Crippen molar-refractivity contribution < 1.29 is 42.1 Å². The zero-order valence-corrected chi connectivity index (χ0v) is 26.3. The van der Waals surface area contributed by atoms with Gasteiger partial charge in [-0.2, -0.15) is 13.2 Å². The number of fused-ring (bicyclic) bond motifs is 1. The predicted molar refractivity (Wildman–Crippen MR) is 166 cm³/mol. The molecule has 0 saturated carbocycles. The van der Waals surface area contributed by atoms with Gasteiger partial charge in [0.2, 0.25) is 11.8 Å². The van der Waals surface area contributed by atoms with Crippen molar-refractivity contribution in [3.05, 3.63) is 53.6 Å². The van der Waals surface area contributed by atoms with Crippen LogP contribution < -0.4 is 15.4 Å². The maximum Gasteiger partial charge on any atom is 0.416 e. The number of nitrogens with zero attached hydrogens (tertiary/aromatic N) is 3. The van der Waals surface area contributed by atoms with Crippen molar-refractivity contribution in [2.45, 2.75) is 45.0 Å². The Bertz CT molecular complexity index is 1350. The number of morpholine rings is 1. The lowest BCUT2D eigenvalue weighted by Gasteiger charge is -2.34. The molecular weight excluding hydrogens is 607 g/mol. The summed E-state index contributed by atoms with van der Waals surface area (Å²) in [5, 5.41) is 15.4. The van der Waals surface area contributed by atoms with Crippen molar-refractivity contribution in [3.8, 4) is 5.75 Å². The number of aliphatic hydroxyl groups excluding tert-OH is 1. The van der Waals surface area contributed by atoms with Gasteiger partial charge in [-0.15, -0.1) is 0 Å². The Labute approximate surface area is 266 Å². The van der Waals surface area contributed by atoms with E-state index in [9.17, 15) is 32.7 Å². The lowest BCUT2D eigenvalue weighted by Crippen LogP contribution is -2.48.